The van der Waals surface area contributed by atoms with Gasteiger partial charge >= 0.3 is 0 Å². The van der Waals surface area contributed by atoms with E-state index in [1.165, 1.54) is 0 Å². The summed E-state index contributed by atoms with van der Waals surface area (Å²) in [6, 6.07) is 8.49. The van der Waals surface area contributed by atoms with Gasteiger partial charge in [0.05, 0.1) is 12.8 Å². The second-order valence-electron chi connectivity index (χ2n) is 5.39. The molecule has 0 aliphatic heterocycles. The van der Waals surface area contributed by atoms with Crippen molar-refractivity contribution in [2.75, 3.05) is 18.1 Å². The lowest BCUT2D eigenvalue weighted by molar-refractivity contribution is -0.116. The van der Waals surface area contributed by atoms with Crippen LogP contribution in [-0.4, -0.2) is 36.4 Å². The summed E-state index contributed by atoms with van der Waals surface area (Å²) in [5, 5.41) is 3.28. The number of carbonyl (C=O) groups is 1. The molecule has 0 aliphatic rings. The highest BCUT2D eigenvalue weighted by Gasteiger charge is 2.20. The minimum absolute atomic E-state index is 0.106. The number of halogens is 1. The van der Waals surface area contributed by atoms with Crippen LogP contribution in [0.5, 0.6) is 0 Å². The molecule has 24 heavy (non-hydrogen) atoms. The van der Waals surface area contributed by atoms with E-state index in [-0.39, 0.29) is 13.1 Å². The summed E-state index contributed by atoms with van der Waals surface area (Å²) in [5.41, 5.74) is 2.16. The molecule has 0 unspecified atom stereocenters. The molecule has 2 aromatic rings. The fraction of sp³-hybridized carbons (Fsp3) is 0.250. The first-order valence-corrected chi connectivity index (χ1v) is 9.38. The summed E-state index contributed by atoms with van der Waals surface area (Å²) in [5.74, 6) is -0.417. The Balaban J connectivity index is 2.10. The normalized spacial score (nSPS) is 11.5. The molecule has 0 radical (unpaired) electrons. The summed E-state index contributed by atoms with van der Waals surface area (Å²) in [6.45, 7) is 1.64. The standard InChI is InChI=1S/C16H18ClN3O3S/c1-12-9-14(17)3-4-15(12)19-16(21)11-20(24(2,22)23)10-13-5-7-18-8-6-13/h3-9H,10-11H2,1-2H3,(H,19,21). The highest BCUT2D eigenvalue weighted by atomic mass is 35.5. The van der Waals surface area contributed by atoms with Gasteiger partial charge in [-0.15, -0.1) is 0 Å². The number of aromatic nitrogens is 1. The van der Waals surface area contributed by atoms with Crippen LogP contribution in [0, 0.1) is 6.92 Å². The highest BCUT2D eigenvalue weighted by Crippen LogP contribution is 2.19. The van der Waals surface area contributed by atoms with Gasteiger partial charge in [0.2, 0.25) is 15.9 Å². The molecule has 1 amide bonds. The number of rotatable bonds is 6. The molecule has 0 saturated carbocycles. The number of amides is 1. The number of nitrogens with zero attached hydrogens (tertiary/aromatic N) is 2. The van der Waals surface area contributed by atoms with Crippen molar-refractivity contribution in [3.63, 3.8) is 0 Å². The molecule has 128 valence electrons. The fourth-order valence-corrected chi connectivity index (χ4v) is 3.06. The molecular weight excluding hydrogens is 350 g/mol. The van der Waals surface area contributed by atoms with Crippen molar-refractivity contribution in [2.45, 2.75) is 13.5 Å². The molecule has 1 aromatic carbocycles. The molecule has 6 nitrogen and oxygen atoms in total. The van der Waals surface area contributed by atoms with Crippen molar-refractivity contribution < 1.29 is 13.2 Å². The van der Waals surface area contributed by atoms with Gasteiger partial charge in [0.15, 0.2) is 0 Å². The van der Waals surface area contributed by atoms with Gasteiger partial charge < -0.3 is 5.32 Å². The van der Waals surface area contributed by atoms with Crippen molar-refractivity contribution in [1.29, 1.82) is 0 Å². The van der Waals surface area contributed by atoms with Crippen LogP contribution in [-0.2, 0) is 21.4 Å². The number of nitrogens with one attached hydrogen (secondary N) is 1. The molecule has 0 atom stereocenters. The maximum Gasteiger partial charge on any atom is 0.239 e. The topological polar surface area (TPSA) is 79.4 Å². The number of pyridine rings is 1. The summed E-state index contributed by atoms with van der Waals surface area (Å²) >= 11 is 5.88. The van der Waals surface area contributed by atoms with Gasteiger partial charge in [-0.1, -0.05) is 11.6 Å². The maximum absolute atomic E-state index is 12.2. The fourth-order valence-electron chi connectivity index (χ4n) is 2.10. The summed E-state index contributed by atoms with van der Waals surface area (Å²) < 4.78 is 25.0. The van der Waals surface area contributed by atoms with Crippen LogP contribution in [0.1, 0.15) is 11.1 Å². The molecule has 0 spiro atoms. The Morgan fingerprint density at radius 2 is 1.92 bits per heavy atom. The van der Waals surface area contributed by atoms with Crippen LogP contribution in [0.2, 0.25) is 5.02 Å². The van der Waals surface area contributed by atoms with Crippen LogP contribution in [0.3, 0.4) is 0 Å². The van der Waals surface area contributed by atoms with Crippen molar-refractivity contribution >= 4 is 33.2 Å². The lowest BCUT2D eigenvalue weighted by atomic mass is 10.2. The zero-order valence-electron chi connectivity index (χ0n) is 13.4. The van der Waals surface area contributed by atoms with Crippen LogP contribution in [0.4, 0.5) is 5.69 Å². The van der Waals surface area contributed by atoms with E-state index in [0.29, 0.717) is 10.7 Å². The minimum Gasteiger partial charge on any atom is -0.325 e. The monoisotopic (exact) mass is 367 g/mol. The molecule has 1 aromatic heterocycles. The molecule has 2 rings (SSSR count). The van der Waals surface area contributed by atoms with E-state index in [9.17, 15) is 13.2 Å². The third kappa shape index (κ3) is 5.30. The predicted octanol–water partition coefficient (Wildman–Crippen LogP) is 2.44. The largest absolute Gasteiger partial charge is 0.325 e. The number of benzene rings is 1. The minimum atomic E-state index is -3.54. The Morgan fingerprint density at radius 1 is 1.25 bits per heavy atom. The summed E-state index contributed by atoms with van der Waals surface area (Å²) in [6.07, 6.45) is 4.23. The van der Waals surface area contributed by atoms with Crippen molar-refractivity contribution in [2.24, 2.45) is 0 Å². The average Bonchev–Trinajstić information content (AvgIpc) is 2.49. The van der Waals surface area contributed by atoms with Crippen molar-refractivity contribution in [3.05, 3.63) is 58.9 Å². The van der Waals surface area contributed by atoms with Crippen molar-refractivity contribution in [3.8, 4) is 0 Å². The number of hydrogen-bond acceptors (Lipinski definition) is 4. The zero-order chi connectivity index (χ0) is 17.7. The van der Waals surface area contributed by atoms with E-state index in [0.717, 1.165) is 21.7 Å². The second kappa shape index (κ2) is 7.74. The lowest BCUT2D eigenvalue weighted by Gasteiger charge is -2.20. The van der Waals surface area contributed by atoms with Gasteiger partial charge in [-0.2, -0.15) is 4.31 Å². The summed E-state index contributed by atoms with van der Waals surface area (Å²) in [4.78, 5) is 16.1. The van der Waals surface area contributed by atoms with Gasteiger partial charge in [0, 0.05) is 29.6 Å². The van der Waals surface area contributed by atoms with Crippen molar-refractivity contribution in [1.82, 2.24) is 9.29 Å². The van der Waals surface area contributed by atoms with E-state index in [4.69, 9.17) is 11.6 Å². The SMILES string of the molecule is Cc1cc(Cl)ccc1NC(=O)CN(Cc1ccncc1)S(C)(=O)=O. The quantitative estimate of drug-likeness (QED) is 0.850. The molecule has 1 N–H and O–H groups in total. The number of sulfonamides is 1. The number of carbonyl (C=O) groups excluding carboxylic acids is 1. The molecule has 0 bridgehead atoms. The highest BCUT2D eigenvalue weighted by molar-refractivity contribution is 7.88. The number of anilines is 1. The maximum atomic E-state index is 12.2. The van der Waals surface area contributed by atoms with Crippen LogP contribution in [0.25, 0.3) is 0 Å². The van der Waals surface area contributed by atoms with Gasteiger partial charge in [-0.3, -0.25) is 9.78 Å². The Kier molecular flexibility index (Phi) is 5.93. The van der Waals surface area contributed by atoms with E-state index in [1.54, 1.807) is 42.7 Å². The molecule has 1 heterocycles. The lowest BCUT2D eigenvalue weighted by Crippen LogP contribution is -2.37. The Morgan fingerprint density at radius 3 is 2.50 bits per heavy atom. The van der Waals surface area contributed by atoms with Gasteiger partial charge in [-0.05, 0) is 48.4 Å². The zero-order valence-corrected chi connectivity index (χ0v) is 14.9. The predicted molar refractivity (Wildman–Crippen MR) is 94.3 cm³/mol. The van der Waals surface area contributed by atoms with E-state index in [2.05, 4.69) is 10.3 Å². The first-order valence-electron chi connectivity index (χ1n) is 7.16. The van der Waals surface area contributed by atoms with E-state index < -0.39 is 15.9 Å². The van der Waals surface area contributed by atoms with Gasteiger partial charge in [-0.25, -0.2) is 8.42 Å². The third-order valence-corrected chi connectivity index (χ3v) is 4.79. The molecular formula is C16H18ClN3O3S. The average molecular weight is 368 g/mol. The first-order chi connectivity index (χ1) is 11.3. The molecule has 0 fully saturated rings. The van der Waals surface area contributed by atoms with Crippen LogP contribution in [0.15, 0.2) is 42.7 Å². The number of aryl methyl sites for hydroxylation is 1. The first kappa shape index (κ1) is 18.4. The second-order valence-corrected chi connectivity index (χ2v) is 7.81. The van der Waals surface area contributed by atoms with Gasteiger partial charge in [0.25, 0.3) is 0 Å². The Hall–Kier alpha value is -1.96. The number of hydrogen-bond donors (Lipinski definition) is 1. The van der Waals surface area contributed by atoms with E-state index in [1.807, 2.05) is 6.92 Å². The van der Waals surface area contributed by atoms with Gasteiger partial charge in [0.1, 0.15) is 0 Å². The molecule has 8 heteroatoms. The molecule has 0 saturated heterocycles. The van der Waals surface area contributed by atoms with E-state index >= 15 is 0 Å². The molecule has 0 aliphatic carbocycles. The third-order valence-electron chi connectivity index (χ3n) is 3.36. The van der Waals surface area contributed by atoms with Crippen LogP contribution >= 0.6 is 11.6 Å². The summed E-state index contributed by atoms with van der Waals surface area (Å²) in [7, 11) is -3.54. The Bertz CT molecular complexity index is 826. The Labute approximate surface area is 146 Å². The smallest absolute Gasteiger partial charge is 0.239 e. The van der Waals surface area contributed by atoms with Crippen LogP contribution < -0.4 is 5.32 Å².